The Hall–Kier alpha value is 2.26. The fourth-order valence-electron chi connectivity index (χ4n) is 4.36. The van der Waals surface area contributed by atoms with E-state index in [-0.39, 0.29) is 21.1 Å². The summed E-state index contributed by atoms with van der Waals surface area (Å²) in [6, 6.07) is 0. The van der Waals surface area contributed by atoms with Crippen molar-refractivity contribution in [3.05, 3.63) is 0 Å². The minimum absolute atomic E-state index is 0. The summed E-state index contributed by atoms with van der Waals surface area (Å²) in [6.07, 6.45) is 14.3. The summed E-state index contributed by atoms with van der Waals surface area (Å²) < 4.78 is 3.64. The molecule has 0 amide bonds. The topological polar surface area (TPSA) is 19.4 Å². The van der Waals surface area contributed by atoms with Gasteiger partial charge in [0, 0.05) is 78.5 Å². The van der Waals surface area contributed by atoms with E-state index in [4.69, 9.17) is 149 Å². The van der Waals surface area contributed by atoms with Crippen molar-refractivity contribution < 1.29 is 39.1 Å². The normalized spacial score (nSPS) is 9.00. The quantitative estimate of drug-likeness (QED) is 0.0519. The Morgan fingerprint density at radius 2 is 0.381 bits per heavy atom. The van der Waals surface area contributed by atoms with Crippen LogP contribution in [0.5, 0.6) is 0 Å². The molecule has 0 heterocycles. The van der Waals surface area contributed by atoms with Crippen molar-refractivity contribution in [2.24, 2.45) is 0 Å². The van der Waals surface area contributed by atoms with Crippen LogP contribution in [0.15, 0.2) is 0 Å². The Morgan fingerprint density at radius 3 is 0.429 bits per heavy atom. The molecular weight excluding hydrogens is 1200 g/mol. The van der Waals surface area contributed by atoms with E-state index < -0.39 is 0 Å². The van der Waals surface area contributed by atoms with E-state index in [9.17, 15) is 0 Å². The summed E-state index contributed by atoms with van der Waals surface area (Å²) in [5.41, 5.74) is 0. The average molecular weight is 1280 g/mol. The third kappa shape index (κ3) is 64.3. The zero-order valence-corrected chi connectivity index (χ0v) is 55.4. The zero-order valence-electron chi connectivity index (χ0n) is 40.8. The molecule has 0 radical (unpaired) electrons. The van der Waals surface area contributed by atoms with Crippen LogP contribution in [-0.2, 0) is 115 Å². The Kier molecular flexibility index (Phi) is 86.5. The van der Waals surface area contributed by atoms with E-state index in [0.29, 0.717) is 25.9 Å². The van der Waals surface area contributed by atoms with Gasteiger partial charge in [-0.05, 0) is 80.1 Å². The van der Waals surface area contributed by atoms with Crippen molar-refractivity contribution >= 4 is 185 Å². The molecule has 0 fully saturated rings. The zero-order chi connectivity index (χ0) is 49.9. The van der Waals surface area contributed by atoms with Crippen LogP contribution in [0.1, 0.15) is 160 Å². The molecule has 0 aromatic heterocycles. The van der Waals surface area contributed by atoms with Gasteiger partial charge < -0.3 is 178 Å². The standard InChI is InChI=1S/6C7H15NS2.2Mo.S/c6*1-3-5-6-8(4-2)7(9)10;;;/h6*3-6H2,1-2H3,(H,9,10);;;/q;;;;;;+2;+4;/p-6. The summed E-state index contributed by atoms with van der Waals surface area (Å²) >= 11 is 60.0. The van der Waals surface area contributed by atoms with E-state index in [1.165, 1.54) is 95.0 Å². The first-order valence-corrected chi connectivity index (χ1v) is 29.9. The van der Waals surface area contributed by atoms with Crippen molar-refractivity contribution in [3.8, 4) is 0 Å². The first kappa shape index (κ1) is 82.2. The van der Waals surface area contributed by atoms with Crippen LogP contribution in [0.4, 0.5) is 0 Å². The second-order valence-corrected chi connectivity index (χ2v) is 19.4. The predicted octanol–water partition coefficient (Wildman–Crippen LogP) is 12.3. The summed E-state index contributed by atoms with van der Waals surface area (Å²) in [6.45, 7) is 37.3. The molecular formula is C42H84Mo2N6S13. The molecule has 0 aliphatic carbocycles. The van der Waals surface area contributed by atoms with Crippen molar-refractivity contribution in [1.82, 2.24) is 29.4 Å². The number of hydrogen-bond acceptors (Lipinski definition) is 13. The van der Waals surface area contributed by atoms with Gasteiger partial charge in [-0.3, -0.25) is 0 Å². The van der Waals surface area contributed by atoms with E-state index in [1.54, 1.807) is 0 Å². The SMILES string of the molecule is CCCCN(CC)C(=S)[S-].CCCCN(CC)C(=S)[S-].CCCCN(CC)C(=S)[S-].CCCCN(CC)C(=S)[S-].CCCCN(CC)C(=S)[S-].CCCCN(CC)C(=S)[S-].[Mo+4].[S]=[Mo+2]. The number of thiocarbonyl (C=S) groups is 6. The Morgan fingerprint density at radius 1 is 0.286 bits per heavy atom. The van der Waals surface area contributed by atoms with E-state index in [2.05, 4.69) is 92.9 Å². The fraction of sp³-hybridized carbons (Fsp3) is 0.857. The van der Waals surface area contributed by atoms with Gasteiger partial charge in [0.1, 0.15) is 0 Å². The number of nitrogens with zero attached hydrogens (tertiary/aromatic N) is 6. The number of unbranched alkanes of at least 4 members (excludes halogenated alkanes) is 6. The second kappa shape index (κ2) is 66.3. The van der Waals surface area contributed by atoms with Gasteiger partial charge >= 0.3 is 48.9 Å². The third-order valence-corrected chi connectivity index (χ3v) is 11.6. The van der Waals surface area contributed by atoms with Crippen molar-refractivity contribution in [3.63, 3.8) is 0 Å². The van der Waals surface area contributed by atoms with Gasteiger partial charge in [-0.2, -0.15) is 0 Å². The minimum atomic E-state index is 0. The molecule has 63 heavy (non-hydrogen) atoms. The third-order valence-electron chi connectivity index (χ3n) is 8.53. The second-order valence-electron chi connectivity index (χ2n) is 13.2. The van der Waals surface area contributed by atoms with Crippen LogP contribution in [0.25, 0.3) is 0 Å². The van der Waals surface area contributed by atoms with Crippen LogP contribution in [0, 0.1) is 0 Å². The van der Waals surface area contributed by atoms with Crippen molar-refractivity contribution in [2.45, 2.75) is 160 Å². The van der Waals surface area contributed by atoms with Crippen LogP contribution >= 0.6 is 83.1 Å². The van der Waals surface area contributed by atoms with Gasteiger partial charge in [0.15, 0.2) is 0 Å². The maximum atomic E-state index is 4.87. The van der Waals surface area contributed by atoms with Gasteiger partial charge in [0.2, 0.25) is 0 Å². The van der Waals surface area contributed by atoms with Crippen LogP contribution < -0.4 is 0 Å². The molecule has 0 unspecified atom stereocenters. The predicted molar refractivity (Wildman–Crippen MR) is 320 cm³/mol. The van der Waals surface area contributed by atoms with Crippen LogP contribution in [-0.4, -0.2) is 134 Å². The molecule has 0 aliphatic heterocycles. The molecule has 0 aromatic carbocycles. The van der Waals surface area contributed by atoms with E-state index >= 15 is 0 Å². The van der Waals surface area contributed by atoms with Gasteiger partial charge in [0.05, 0.1) is 0 Å². The molecule has 0 bridgehead atoms. The molecule has 0 atom stereocenters. The summed E-state index contributed by atoms with van der Waals surface area (Å²) in [5, 5.41) is 0. The molecule has 6 nitrogen and oxygen atoms in total. The van der Waals surface area contributed by atoms with Crippen molar-refractivity contribution in [2.75, 3.05) is 78.5 Å². The molecule has 0 aliphatic rings. The summed E-state index contributed by atoms with van der Waals surface area (Å²) in [4.78, 5) is 12.3. The van der Waals surface area contributed by atoms with Gasteiger partial charge in [0.25, 0.3) is 0 Å². The molecule has 0 aromatic rings. The number of hydrogen-bond donors (Lipinski definition) is 0. The Balaban J connectivity index is -0.0000000949. The molecule has 372 valence electrons. The van der Waals surface area contributed by atoms with Gasteiger partial charge in [-0.25, -0.2) is 0 Å². The van der Waals surface area contributed by atoms with E-state index in [1.807, 2.05) is 29.4 Å². The van der Waals surface area contributed by atoms with Crippen LogP contribution in [0.3, 0.4) is 0 Å². The maximum absolute atomic E-state index is 4.87. The van der Waals surface area contributed by atoms with Crippen LogP contribution in [0.2, 0.25) is 0 Å². The van der Waals surface area contributed by atoms with E-state index in [0.717, 1.165) is 78.5 Å². The Bertz CT molecular complexity index is 855. The molecule has 0 N–H and O–H groups in total. The molecule has 0 saturated carbocycles. The van der Waals surface area contributed by atoms with Gasteiger partial charge in [-0.15, -0.1) is 0 Å². The first-order chi connectivity index (χ1) is 29.3. The van der Waals surface area contributed by atoms with Gasteiger partial charge in [-0.1, -0.05) is 106 Å². The first-order valence-electron chi connectivity index (χ1n) is 22.2. The van der Waals surface area contributed by atoms with Crippen molar-refractivity contribution in [1.29, 1.82) is 0 Å². The molecule has 21 heteroatoms. The molecule has 0 spiro atoms. The Labute approximate surface area is 486 Å². The monoisotopic (exact) mass is 1280 g/mol. The average Bonchev–Trinajstić information content (AvgIpc) is 3.24. The summed E-state index contributed by atoms with van der Waals surface area (Å²) in [7, 11) is 4.09. The number of rotatable bonds is 24. The molecule has 0 rings (SSSR count). The molecule has 0 saturated heterocycles. The summed E-state index contributed by atoms with van der Waals surface area (Å²) in [5.74, 6) is 0. The fourth-order valence-corrected chi connectivity index (χ4v) is 7.01.